The van der Waals surface area contributed by atoms with Crippen LogP contribution >= 0.6 is 0 Å². The second-order valence-electron chi connectivity index (χ2n) is 7.02. The average molecular weight is 409 g/mol. The Morgan fingerprint density at radius 3 is 2.67 bits per heavy atom. The van der Waals surface area contributed by atoms with Gasteiger partial charge in [-0.3, -0.25) is 4.79 Å². The number of fused-ring (bicyclic) bond motifs is 1. The predicted octanol–water partition coefficient (Wildman–Crippen LogP) is 5.22. The van der Waals surface area contributed by atoms with Crippen molar-refractivity contribution in [3.8, 4) is 5.75 Å². The van der Waals surface area contributed by atoms with Gasteiger partial charge in [0, 0.05) is 23.8 Å². The SMILES string of the molecule is CCCCc1oc2ccccc2c1/C=N\OCCCOc1ccc(CC(=O)O)cc1. The molecule has 0 aliphatic rings. The van der Waals surface area contributed by atoms with E-state index in [-0.39, 0.29) is 6.42 Å². The average Bonchev–Trinajstić information content (AvgIpc) is 3.10. The molecule has 1 aromatic heterocycles. The normalized spacial score (nSPS) is 11.2. The summed E-state index contributed by atoms with van der Waals surface area (Å²) < 4.78 is 11.6. The van der Waals surface area contributed by atoms with E-state index in [9.17, 15) is 4.79 Å². The number of carboxylic acids is 1. The predicted molar refractivity (Wildman–Crippen MR) is 116 cm³/mol. The third kappa shape index (κ3) is 6.11. The highest BCUT2D eigenvalue weighted by molar-refractivity contribution is 5.99. The lowest BCUT2D eigenvalue weighted by Crippen LogP contribution is -2.02. The maximum Gasteiger partial charge on any atom is 0.307 e. The zero-order valence-corrected chi connectivity index (χ0v) is 17.2. The zero-order valence-electron chi connectivity index (χ0n) is 17.2. The van der Waals surface area contributed by atoms with Crippen molar-refractivity contribution in [2.45, 2.75) is 39.0 Å². The number of hydrogen-bond donors (Lipinski definition) is 1. The molecule has 3 rings (SSSR count). The van der Waals surface area contributed by atoms with Crippen molar-refractivity contribution in [3.63, 3.8) is 0 Å². The molecule has 3 aromatic rings. The summed E-state index contributed by atoms with van der Waals surface area (Å²) in [6.07, 6.45) is 5.48. The van der Waals surface area contributed by atoms with E-state index in [4.69, 9.17) is 19.1 Å². The standard InChI is InChI=1S/C24H27NO5/c1-2-3-8-23-21(20-7-4-5-9-22(20)30-23)17-25-29-15-6-14-28-19-12-10-18(11-13-19)16-24(26)27/h4-5,7,9-13,17H,2-3,6,8,14-16H2,1H3,(H,26,27)/b25-17-. The van der Waals surface area contributed by atoms with Gasteiger partial charge < -0.3 is 19.1 Å². The molecule has 0 saturated heterocycles. The van der Waals surface area contributed by atoms with E-state index in [2.05, 4.69) is 12.1 Å². The van der Waals surface area contributed by atoms with Crippen LogP contribution in [0.25, 0.3) is 11.0 Å². The lowest BCUT2D eigenvalue weighted by molar-refractivity contribution is -0.136. The maximum atomic E-state index is 10.7. The van der Waals surface area contributed by atoms with E-state index < -0.39 is 5.97 Å². The van der Waals surface area contributed by atoms with Gasteiger partial charge in [0.05, 0.1) is 19.2 Å². The Balaban J connectivity index is 1.45. The van der Waals surface area contributed by atoms with Gasteiger partial charge in [-0.2, -0.15) is 0 Å². The van der Waals surface area contributed by atoms with E-state index >= 15 is 0 Å². The van der Waals surface area contributed by atoms with Crippen molar-refractivity contribution < 1.29 is 23.9 Å². The summed E-state index contributed by atoms with van der Waals surface area (Å²) in [4.78, 5) is 16.1. The Labute approximate surface area is 176 Å². The first kappa shape index (κ1) is 21.4. The van der Waals surface area contributed by atoms with E-state index in [1.807, 2.05) is 24.3 Å². The third-order valence-corrected chi connectivity index (χ3v) is 4.65. The van der Waals surface area contributed by atoms with Crippen LogP contribution in [0.4, 0.5) is 0 Å². The molecule has 0 aliphatic heterocycles. The molecule has 0 fully saturated rings. The van der Waals surface area contributed by atoms with Crippen LogP contribution in [0.1, 0.15) is 43.1 Å². The highest BCUT2D eigenvalue weighted by atomic mass is 16.6. The fourth-order valence-electron chi connectivity index (χ4n) is 3.11. The number of aliphatic carboxylic acids is 1. The van der Waals surface area contributed by atoms with Gasteiger partial charge in [-0.25, -0.2) is 0 Å². The molecule has 158 valence electrons. The molecule has 1 heterocycles. The number of oxime groups is 1. The smallest absolute Gasteiger partial charge is 0.307 e. The van der Waals surface area contributed by atoms with Crippen molar-refractivity contribution in [2.24, 2.45) is 5.16 Å². The van der Waals surface area contributed by atoms with Gasteiger partial charge >= 0.3 is 5.97 Å². The number of furan rings is 1. The van der Waals surface area contributed by atoms with Crippen LogP contribution in [0.3, 0.4) is 0 Å². The number of hydrogen-bond acceptors (Lipinski definition) is 5. The summed E-state index contributed by atoms with van der Waals surface area (Å²) in [5.41, 5.74) is 2.60. The molecule has 30 heavy (non-hydrogen) atoms. The Hall–Kier alpha value is -3.28. The summed E-state index contributed by atoms with van der Waals surface area (Å²) >= 11 is 0. The number of aryl methyl sites for hydroxylation is 1. The minimum absolute atomic E-state index is 0.0121. The minimum Gasteiger partial charge on any atom is -0.493 e. The fourth-order valence-corrected chi connectivity index (χ4v) is 3.11. The first-order valence-electron chi connectivity index (χ1n) is 10.3. The number of ether oxygens (including phenoxy) is 1. The van der Waals surface area contributed by atoms with Crippen LogP contribution in [0, 0.1) is 0 Å². The number of carboxylic acid groups (broad SMARTS) is 1. The highest BCUT2D eigenvalue weighted by Crippen LogP contribution is 2.25. The van der Waals surface area contributed by atoms with E-state index in [1.54, 1.807) is 30.5 Å². The summed E-state index contributed by atoms with van der Waals surface area (Å²) in [5.74, 6) is 0.806. The van der Waals surface area contributed by atoms with Gasteiger partial charge in [0.25, 0.3) is 0 Å². The van der Waals surface area contributed by atoms with E-state index in [0.29, 0.717) is 25.4 Å². The number of carbonyl (C=O) groups is 1. The van der Waals surface area contributed by atoms with Gasteiger partial charge in [0.15, 0.2) is 0 Å². The van der Waals surface area contributed by atoms with Gasteiger partial charge in [-0.15, -0.1) is 0 Å². The van der Waals surface area contributed by atoms with Gasteiger partial charge in [0.2, 0.25) is 0 Å². The molecule has 0 aliphatic carbocycles. The molecule has 0 spiro atoms. The number of rotatable bonds is 12. The van der Waals surface area contributed by atoms with Gasteiger partial charge in [-0.05, 0) is 30.2 Å². The minimum atomic E-state index is -0.845. The quantitative estimate of drug-likeness (QED) is 0.252. The van der Waals surface area contributed by atoms with Crippen LogP contribution in [0.2, 0.25) is 0 Å². The first-order valence-corrected chi connectivity index (χ1v) is 10.3. The molecular formula is C24H27NO5. The third-order valence-electron chi connectivity index (χ3n) is 4.65. The van der Waals surface area contributed by atoms with Gasteiger partial charge in [-0.1, -0.05) is 48.8 Å². The molecule has 0 radical (unpaired) electrons. The summed E-state index contributed by atoms with van der Waals surface area (Å²) in [6, 6.07) is 15.0. The summed E-state index contributed by atoms with van der Waals surface area (Å²) in [5, 5.41) is 14.0. The number of para-hydroxylation sites is 1. The molecule has 6 heteroatoms. The summed E-state index contributed by atoms with van der Waals surface area (Å²) in [6.45, 7) is 3.09. The Kier molecular flexibility index (Phi) is 7.89. The second kappa shape index (κ2) is 11.0. The van der Waals surface area contributed by atoms with Crippen LogP contribution in [0.15, 0.2) is 58.1 Å². The second-order valence-corrected chi connectivity index (χ2v) is 7.02. The van der Waals surface area contributed by atoms with Crippen molar-refractivity contribution in [2.75, 3.05) is 13.2 Å². The monoisotopic (exact) mass is 409 g/mol. The van der Waals surface area contributed by atoms with Crippen LogP contribution in [0.5, 0.6) is 5.75 Å². The van der Waals surface area contributed by atoms with Crippen molar-refractivity contribution in [1.29, 1.82) is 0 Å². The molecule has 0 bridgehead atoms. The molecule has 0 amide bonds. The molecular weight excluding hydrogens is 382 g/mol. The molecule has 0 atom stereocenters. The van der Waals surface area contributed by atoms with Crippen LogP contribution in [-0.4, -0.2) is 30.5 Å². The Bertz CT molecular complexity index is 975. The molecule has 0 unspecified atom stereocenters. The number of nitrogens with zero attached hydrogens (tertiary/aromatic N) is 1. The molecule has 6 nitrogen and oxygen atoms in total. The molecule has 0 saturated carbocycles. The summed E-state index contributed by atoms with van der Waals surface area (Å²) in [7, 11) is 0. The Morgan fingerprint density at radius 1 is 1.10 bits per heavy atom. The van der Waals surface area contributed by atoms with Crippen molar-refractivity contribution in [3.05, 3.63) is 65.4 Å². The largest absolute Gasteiger partial charge is 0.493 e. The topological polar surface area (TPSA) is 81.3 Å². The van der Waals surface area contributed by atoms with Crippen LogP contribution in [-0.2, 0) is 22.5 Å². The lowest BCUT2D eigenvalue weighted by Gasteiger charge is -2.06. The zero-order chi connectivity index (χ0) is 21.2. The maximum absolute atomic E-state index is 10.7. The number of unbranched alkanes of at least 4 members (excludes halogenated alkanes) is 1. The lowest BCUT2D eigenvalue weighted by atomic mass is 10.1. The molecule has 2 aromatic carbocycles. The van der Waals surface area contributed by atoms with Crippen molar-refractivity contribution >= 4 is 23.2 Å². The van der Waals surface area contributed by atoms with Crippen LogP contribution < -0.4 is 4.74 Å². The first-order chi connectivity index (χ1) is 14.7. The number of benzene rings is 2. The fraction of sp³-hybridized carbons (Fsp3) is 0.333. The molecule has 1 N–H and O–H groups in total. The highest BCUT2D eigenvalue weighted by Gasteiger charge is 2.11. The van der Waals surface area contributed by atoms with E-state index in [0.717, 1.165) is 47.1 Å². The Morgan fingerprint density at radius 2 is 1.90 bits per heavy atom. The van der Waals surface area contributed by atoms with Gasteiger partial charge in [0.1, 0.15) is 23.7 Å². The van der Waals surface area contributed by atoms with Crippen molar-refractivity contribution in [1.82, 2.24) is 0 Å². The van der Waals surface area contributed by atoms with E-state index in [1.165, 1.54) is 0 Å².